The number of thiocarbonyl (C=S) groups is 1. The van der Waals surface area contributed by atoms with Crippen LogP contribution in [0.4, 0.5) is 0 Å². The smallest absolute Gasteiger partial charge is 0.265 e. The fraction of sp³-hybridized carbons (Fsp3) is 0.250. The predicted octanol–water partition coefficient (Wildman–Crippen LogP) is 4.54. The Morgan fingerprint density at radius 3 is 2.61 bits per heavy atom. The standard InChI is InChI=1S/C16H15Cl2NO2S2/c1-21-12-5-3-11(4-6-12)19-9-7-13(18)14(15(19)20)16(22)23-10-2-8-17/h3-7,9H,2,8,10H2,1H3. The summed E-state index contributed by atoms with van der Waals surface area (Å²) in [6, 6.07) is 8.88. The van der Waals surface area contributed by atoms with Crippen LogP contribution >= 0.6 is 47.2 Å². The lowest BCUT2D eigenvalue weighted by atomic mass is 10.2. The molecule has 1 aromatic heterocycles. The highest BCUT2D eigenvalue weighted by Crippen LogP contribution is 2.21. The van der Waals surface area contributed by atoms with Gasteiger partial charge in [-0.05, 0) is 42.5 Å². The van der Waals surface area contributed by atoms with Crippen LogP contribution in [0.5, 0.6) is 5.75 Å². The van der Waals surface area contributed by atoms with Crippen LogP contribution in [0.3, 0.4) is 0 Å². The van der Waals surface area contributed by atoms with E-state index in [9.17, 15) is 4.79 Å². The lowest BCUT2D eigenvalue weighted by molar-refractivity contribution is 0.414. The third-order valence-electron chi connectivity index (χ3n) is 3.11. The second kappa shape index (κ2) is 8.73. The van der Waals surface area contributed by atoms with E-state index in [-0.39, 0.29) is 5.56 Å². The van der Waals surface area contributed by atoms with E-state index in [0.717, 1.165) is 23.6 Å². The van der Waals surface area contributed by atoms with Gasteiger partial charge in [0, 0.05) is 17.8 Å². The zero-order valence-corrected chi connectivity index (χ0v) is 15.6. The van der Waals surface area contributed by atoms with Crippen molar-refractivity contribution in [3.05, 3.63) is 57.5 Å². The van der Waals surface area contributed by atoms with Crippen LogP contribution in [0.1, 0.15) is 12.0 Å². The summed E-state index contributed by atoms with van der Waals surface area (Å²) in [6.07, 6.45) is 2.46. The molecule has 0 aliphatic carbocycles. The number of halogens is 2. The topological polar surface area (TPSA) is 31.2 Å². The minimum Gasteiger partial charge on any atom is -0.497 e. The Bertz CT molecular complexity index is 745. The molecule has 0 aliphatic heterocycles. The Morgan fingerprint density at radius 1 is 1.30 bits per heavy atom. The third-order valence-corrected chi connectivity index (χ3v) is 5.21. The molecule has 1 heterocycles. The molecule has 0 unspecified atom stereocenters. The van der Waals surface area contributed by atoms with Crippen molar-refractivity contribution in [2.24, 2.45) is 0 Å². The quantitative estimate of drug-likeness (QED) is 0.413. The Labute approximate surface area is 154 Å². The molecule has 3 nitrogen and oxygen atoms in total. The first-order chi connectivity index (χ1) is 11.1. The molecule has 0 bridgehead atoms. The maximum Gasteiger partial charge on any atom is 0.265 e. The van der Waals surface area contributed by atoms with E-state index in [0.29, 0.717) is 20.7 Å². The van der Waals surface area contributed by atoms with E-state index in [2.05, 4.69) is 0 Å². The Kier molecular flexibility index (Phi) is 6.96. The van der Waals surface area contributed by atoms with E-state index in [1.54, 1.807) is 31.5 Å². The van der Waals surface area contributed by atoms with Gasteiger partial charge in [-0.2, -0.15) is 0 Å². The summed E-state index contributed by atoms with van der Waals surface area (Å²) in [5.74, 6) is 2.05. The van der Waals surface area contributed by atoms with Gasteiger partial charge < -0.3 is 4.74 Å². The van der Waals surface area contributed by atoms with E-state index in [1.807, 2.05) is 12.1 Å². The normalized spacial score (nSPS) is 10.6. The summed E-state index contributed by atoms with van der Waals surface area (Å²) in [7, 11) is 1.60. The van der Waals surface area contributed by atoms with Gasteiger partial charge in [0.15, 0.2) is 0 Å². The summed E-state index contributed by atoms with van der Waals surface area (Å²) in [5, 5.41) is 0.364. The van der Waals surface area contributed by atoms with Gasteiger partial charge in [0.2, 0.25) is 0 Å². The van der Waals surface area contributed by atoms with Crippen LogP contribution in [0.15, 0.2) is 41.3 Å². The molecule has 7 heteroatoms. The number of nitrogens with zero attached hydrogens (tertiary/aromatic N) is 1. The molecule has 1 aromatic carbocycles. The first-order valence-electron chi connectivity index (χ1n) is 6.87. The van der Waals surface area contributed by atoms with Crippen LogP contribution in [-0.2, 0) is 0 Å². The number of ether oxygens (including phenoxy) is 1. The summed E-state index contributed by atoms with van der Waals surface area (Å²) in [5.41, 5.74) is 0.855. The fourth-order valence-corrected chi connectivity index (χ4v) is 3.83. The van der Waals surface area contributed by atoms with Gasteiger partial charge in [0.1, 0.15) is 5.75 Å². The molecule has 23 heavy (non-hydrogen) atoms. The minimum absolute atomic E-state index is 0.231. The molecule has 0 amide bonds. The van der Waals surface area contributed by atoms with E-state index in [4.69, 9.17) is 40.2 Å². The van der Waals surface area contributed by atoms with Crippen molar-refractivity contribution in [2.45, 2.75) is 6.42 Å². The summed E-state index contributed by atoms with van der Waals surface area (Å²) >= 11 is 18.6. The number of rotatable bonds is 6. The van der Waals surface area contributed by atoms with E-state index >= 15 is 0 Å². The fourth-order valence-electron chi connectivity index (χ4n) is 1.94. The molecule has 0 radical (unpaired) electrons. The molecule has 122 valence electrons. The molecule has 0 N–H and O–H groups in total. The lowest BCUT2D eigenvalue weighted by Gasteiger charge is -2.11. The molecule has 0 fully saturated rings. The highest BCUT2D eigenvalue weighted by Gasteiger charge is 2.15. The van der Waals surface area contributed by atoms with Crippen molar-refractivity contribution in [1.82, 2.24) is 4.57 Å². The highest BCUT2D eigenvalue weighted by molar-refractivity contribution is 8.23. The molecular formula is C16H15Cl2NO2S2. The number of benzene rings is 1. The molecule has 0 atom stereocenters. The number of pyridine rings is 1. The Morgan fingerprint density at radius 2 is 2.00 bits per heavy atom. The van der Waals surface area contributed by atoms with Crippen molar-refractivity contribution in [3.8, 4) is 11.4 Å². The zero-order chi connectivity index (χ0) is 16.8. The van der Waals surface area contributed by atoms with Gasteiger partial charge in [-0.25, -0.2) is 0 Å². The second-order valence-corrected chi connectivity index (χ2v) is 7.15. The van der Waals surface area contributed by atoms with Crippen molar-refractivity contribution >= 4 is 51.4 Å². The number of thioether (sulfide) groups is 1. The molecule has 0 saturated heterocycles. The number of alkyl halides is 1. The monoisotopic (exact) mass is 387 g/mol. The Balaban J connectivity index is 2.37. The maximum absolute atomic E-state index is 12.7. The molecule has 2 aromatic rings. The van der Waals surface area contributed by atoms with Crippen LogP contribution in [-0.4, -0.2) is 27.5 Å². The van der Waals surface area contributed by atoms with Gasteiger partial charge >= 0.3 is 0 Å². The summed E-state index contributed by atoms with van der Waals surface area (Å²) in [4.78, 5) is 12.7. The van der Waals surface area contributed by atoms with Crippen LogP contribution < -0.4 is 10.3 Å². The maximum atomic E-state index is 12.7. The molecule has 0 aliphatic rings. The lowest BCUT2D eigenvalue weighted by Crippen LogP contribution is -2.24. The largest absolute Gasteiger partial charge is 0.497 e. The average Bonchev–Trinajstić information content (AvgIpc) is 2.55. The SMILES string of the molecule is COc1ccc(-n2ccc(Cl)c(C(=S)SCCCCl)c2=O)cc1. The van der Waals surface area contributed by atoms with Crippen LogP contribution in [0.2, 0.25) is 5.02 Å². The molecule has 0 saturated carbocycles. The average molecular weight is 388 g/mol. The van der Waals surface area contributed by atoms with Gasteiger partial charge in [-0.15, -0.1) is 23.4 Å². The van der Waals surface area contributed by atoms with Gasteiger partial charge in [0.25, 0.3) is 5.56 Å². The van der Waals surface area contributed by atoms with Crippen LogP contribution in [0, 0.1) is 0 Å². The number of methoxy groups -OCH3 is 1. The van der Waals surface area contributed by atoms with Gasteiger partial charge in [-0.1, -0.05) is 23.8 Å². The van der Waals surface area contributed by atoms with Gasteiger partial charge in [0.05, 0.1) is 21.9 Å². The molecule has 0 spiro atoms. The van der Waals surface area contributed by atoms with Crippen molar-refractivity contribution < 1.29 is 4.74 Å². The summed E-state index contributed by atoms with van der Waals surface area (Å²) in [6.45, 7) is 0. The Hall–Kier alpha value is -1.01. The summed E-state index contributed by atoms with van der Waals surface area (Å²) < 4.78 is 7.14. The molecular weight excluding hydrogens is 373 g/mol. The predicted molar refractivity (Wildman–Crippen MR) is 103 cm³/mol. The van der Waals surface area contributed by atoms with Crippen molar-refractivity contribution in [2.75, 3.05) is 18.7 Å². The first kappa shape index (κ1) is 18.3. The zero-order valence-electron chi connectivity index (χ0n) is 12.4. The van der Waals surface area contributed by atoms with Crippen molar-refractivity contribution in [1.29, 1.82) is 0 Å². The van der Waals surface area contributed by atoms with E-state index < -0.39 is 0 Å². The number of aromatic nitrogens is 1. The second-order valence-electron chi connectivity index (χ2n) is 4.59. The highest BCUT2D eigenvalue weighted by atomic mass is 35.5. The first-order valence-corrected chi connectivity index (χ1v) is 9.17. The minimum atomic E-state index is -0.231. The third kappa shape index (κ3) is 4.51. The number of hydrogen-bond donors (Lipinski definition) is 0. The van der Waals surface area contributed by atoms with Crippen molar-refractivity contribution in [3.63, 3.8) is 0 Å². The number of hydrogen-bond acceptors (Lipinski definition) is 4. The van der Waals surface area contributed by atoms with Gasteiger partial charge in [-0.3, -0.25) is 9.36 Å². The molecule has 2 rings (SSSR count). The van der Waals surface area contributed by atoms with E-state index in [1.165, 1.54) is 16.3 Å². The van der Waals surface area contributed by atoms with Crippen LogP contribution in [0.25, 0.3) is 5.69 Å².